The van der Waals surface area contributed by atoms with Crippen molar-refractivity contribution in [3.63, 3.8) is 0 Å². The van der Waals surface area contributed by atoms with E-state index in [1.807, 2.05) is 13.8 Å². The number of anilines is 2. The van der Waals surface area contributed by atoms with Gasteiger partial charge in [-0.05, 0) is 44.1 Å². The summed E-state index contributed by atoms with van der Waals surface area (Å²) in [7, 11) is 0. The highest BCUT2D eigenvalue weighted by atomic mass is 32.1. The molecule has 1 aliphatic rings. The van der Waals surface area contributed by atoms with Crippen LogP contribution in [0, 0.1) is 5.92 Å². The van der Waals surface area contributed by atoms with Crippen LogP contribution in [0.3, 0.4) is 0 Å². The highest BCUT2D eigenvalue weighted by Gasteiger charge is 2.26. The van der Waals surface area contributed by atoms with Gasteiger partial charge in [0.25, 0.3) is 0 Å². The van der Waals surface area contributed by atoms with E-state index >= 15 is 0 Å². The average molecular weight is 269 g/mol. The summed E-state index contributed by atoms with van der Waals surface area (Å²) >= 11 is 1.40. The van der Waals surface area contributed by atoms with E-state index in [0.717, 1.165) is 23.1 Å². The van der Waals surface area contributed by atoms with Crippen LogP contribution in [0.1, 0.15) is 46.5 Å². The Labute approximate surface area is 113 Å². The van der Waals surface area contributed by atoms with Crippen molar-refractivity contribution < 1.29 is 4.74 Å². The fraction of sp³-hybridized carbons (Fsp3) is 0.769. The molecule has 1 saturated carbocycles. The van der Waals surface area contributed by atoms with Gasteiger partial charge in [0.15, 0.2) is 16.6 Å². The summed E-state index contributed by atoms with van der Waals surface area (Å²) in [4.78, 5) is 0. The van der Waals surface area contributed by atoms with E-state index in [4.69, 9.17) is 10.5 Å². The summed E-state index contributed by atoms with van der Waals surface area (Å²) in [6, 6.07) is 0.506. The summed E-state index contributed by atoms with van der Waals surface area (Å²) in [5.74, 6) is 2.14. The molecule has 0 spiro atoms. The minimum absolute atomic E-state index is 0.118. The van der Waals surface area contributed by atoms with Crippen LogP contribution >= 0.6 is 11.5 Å². The van der Waals surface area contributed by atoms with Gasteiger partial charge in [0, 0.05) is 6.04 Å². The van der Waals surface area contributed by atoms with Gasteiger partial charge in [-0.15, -0.1) is 0 Å². The van der Waals surface area contributed by atoms with Crippen LogP contribution in [0.25, 0.3) is 0 Å². The number of hydrogen-bond donors (Lipinski definition) is 2. The molecule has 0 aliphatic heterocycles. The van der Waals surface area contributed by atoms with Gasteiger partial charge in [-0.25, -0.2) is 0 Å². The Kier molecular flexibility index (Phi) is 4.32. The molecule has 3 N–H and O–H groups in total. The normalized spacial score (nSPS) is 16.9. The van der Waals surface area contributed by atoms with E-state index < -0.39 is 0 Å². The molecule has 0 amide bonds. The van der Waals surface area contributed by atoms with Gasteiger partial charge in [-0.3, -0.25) is 0 Å². The Morgan fingerprint density at radius 2 is 2.22 bits per heavy atom. The third-order valence-corrected chi connectivity index (χ3v) is 3.94. The van der Waals surface area contributed by atoms with E-state index in [1.165, 1.54) is 30.8 Å². The second-order valence-electron chi connectivity index (χ2n) is 5.32. The number of nitrogens with zero attached hydrogens (tertiary/aromatic N) is 1. The lowest BCUT2D eigenvalue weighted by Gasteiger charge is -2.18. The van der Waals surface area contributed by atoms with Crippen molar-refractivity contribution in [2.75, 3.05) is 11.1 Å². The number of ether oxygens (including phenoxy) is 1. The fourth-order valence-electron chi connectivity index (χ4n) is 2.00. The van der Waals surface area contributed by atoms with Crippen LogP contribution in [-0.4, -0.2) is 16.5 Å². The first-order valence-electron chi connectivity index (χ1n) is 6.78. The predicted molar refractivity (Wildman–Crippen MR) is 77.3 cm³/mol. The van der Waals surface area contributed by atoms with Crippen molar-refractivity contribution in [2.45, 2.75) is 58.6 Å². The Hall–Kier alpha value is -0.970. The first-order chi connectivity index (χ1) is 8.60. The van der Waals surface area contributed by atoms with E-state index in [1.54, 1.807) is 0 Å². The summed E-state index contributed by atoms with van der Waals surface area (Å²) in [6.07, 6.45) is 5.26. The molecule has 0 bridgehead atoms. The van der Waals surface area contributed by atoms with Crippen LogP contribution in [0.5, 0.6) is 5.75 Å². The van der Waals surface area contributed by atoms with Crippen LogP contribution in [-0.2, 0) is 0 Å². The largest absolute Gasteiger partial charge is 0.484 e. The van der Waals surface area contributed by atoms with E-state index in [9.17, 15) is 0 Å². The Morgan fingerprint density at radius 1 is 1.50 bits per heavy atom. The number of hydrogen-bond acceptors (Lipinski definition) is 5. The molecule has 0 saturated heterocycles. The minimum Gasteiger partial charge on any atom is -0.484 e. The van der Waals surface area contributed by atoms with Crippen molar-refractivity contribution in [1.29, 1.82) is 0 Å². The van der Waals surface area contributed by atoms with E-state index in [2.05, 4.69) is 16.6 Å². The molecule has 1 unspecified atom stereocenters. The lowest BCUT2D eigenvalue weighted by atomic mass is 10.1. The molecule has 1 heterocycles. The molecule has 4 nitrogen and oxygen atoms in total. The predicted octanol–water partition coefficient (Wildman–Crippen LogP) is 3.50. The van der Waals surface area contributed by atoms with Gasteiger partial charge >= 0.3 is 0 Å². The second-order valence-corrected chi connectivity index (χ2v) is 6.09. The minimum atomic E-state index is 0.118. The second kappa shape index (κ2) is 5.78. The zero-order valence-corrected chi connectivity index (χ0v) is 12.2. The summed E-state index contributed by atoms with van der Waals surface area (Å²) < 4.78 is 9.93. The van der Waals surface area contributed by atoms with Gasteiger partial charge in [-0.2, -0.15) is 4.37 Å². The zero-order valence-electron chi connectivity index (χ0n) is 11.4. The highest BCUT2D eigenvalue weighted by Crippen LogP contribution is 2.39. The molecule has 2 rings (SSSR count). The molecule has 1 aromatic rings. The number of aromatic nitrogens is 1. The summed E-state index contributed by atoms with van der Waals surface area (Å²) in [6.45, 7) is 6.22. The number of nitrogens with two attached hydrogens (primary N) is 1. The molecule has 102 valence electrons. The monoisotopic (exact) mass is 269 g/mol. The summed E-state index contributed by atoms with van der Waals surface area (Å²) in [5.41, 5.74) is 5.85. The molecular formula is C13H23N3OS. The average Bonchev–Trinajstić information content (AvgIpc) is 3.07. The first kappa shape index (κ1) is 13.5. The lowest BCUT2D eigenvalue weighted by molar-refractivity contribution is 0.245. The van der Waals surface area contributed by atoms with Crippen molar-refractivity contribution in [1.82, 2.24) is 4.37 Å². The number of nitrogens with one attached hydrogen (secondary N) is 1. The molecule has 0 aromatic carbocycles. The van der Waals surface area contributed by atoms with Gasteiger partial charge < -0.3 is 15.8 Å². The third kappa shape index (κ3) is 3.51. The van der Waals surface area contributed by atoms with Gasteiger partial charge in [-0.1, -0.05) is 19.8 Å². The van der Waals surface area contributed by atoms with Crippen LogP contribution in [0.2, 0.25) is 0 Å². The van der Waals surface area contributed by atoms with Crippen molar-refractivity contribution in [2.24, 2.45) is 5.92 Å². The molecular weight excluding hydrogens is 246 g/mol. The Bertz CT molecular complexity index is 388. The SMILES string of the molecule is CCC(CC1CC1)Nc1snc(N)c1OC(C)C. The van der Waals surface area contributed by atoms with Crippen LogP contribution in [0.4, 0.5) is 10.8 Å². The Morgan fingerprint density at radius 3 is 2.78 bits per heavy atom. The Balaban J connectivity index is 2.01. The first-order valence-corrected chi connectivity index (χ1v) is 7.55. The van der Waals surface area contributed by atoms with Crippen LogP contribution in [0.15, 0.2) is 0 Å². The highest BCUT2D eigenvalue weighted by molar-refractivity contribution is 7.11. The van der Waals surface area contributed by atoms with Crippen molar-refractivity contribution in [3.05, 3.63) is 0 Å². The maximum absolute atomic E-state index is 5.85. The maximum Gasteiger partial charge on any atom is 0.197 e. The molecule has 0 radical (unpaired) electrons. The molecule has 1 atom stereocenters. The molecule has 1 fully saturated rings. The van der Waals surface area contributed by atoms with Crippen molar-refractivity contribution in [3.8, 4) is 5.75 Å². The molecule has 1 aromatic heterocycles. The quantitative estimate of drug-likeness (QED) is 0.795. The number of rotatable bonds is 7. The third-order valence-electron chi connectivity index (χ3n) is 3.17. The molecule has 1 aliphatic carbocycles. The zero-order chi connectivity index (χ0) is 13.1. The topological polar surface area (TPSA) is 60.2 Å². The molecule has 18 heavy (non-hydrogen) atoms. The standard InChI is InChI=1S/C13H23N3OS/c1-4-10(7-9-5-6-9)15-13-11(17-8(2)3)12(14)16-18-13/h8-10,15H,4-7H2,1-3H3,(H2,14,16). The van der Waals surface area contributed by atoms with Gasteiger partial charge in [0.05, 0.1) is 6.10 Å². The van der Waals surface area contributed by atoms with E-state index in [-0.39, 0.29) is 6.10 Å². The van der Waals surface area contributed by atoms with Gasteiger partial charge in [0.1, 0.15) is 0 Å². The van der Waals surface area contributed by atoms with Gasteiger partial charge in [0.2, 0.25) is 0 Å². The molecule has 5 heteroatoms. The smallest absolute Gasteiger partial charge is 0.197 e. The number of nitrogen functional groups attached to an aromatic ring is 1. The fourth-order valence-corrected chi connectivity index (χ4v) is 2.73. The van der Waals surface area contributed by atoms with Crippen LogP contribution < -0.4 is 15.8 Å². The lowest BCUT2D eigenvalue weighted by Crippen LogP contribution is -2.19. The van der Waals surface area contributed by atoms with Crippen molar-refractivity contribution >= 4 is 22.4 Å². The summed E-state index contributed by atoms with van der Waals surface area (Å²) in [5, 5.41) is 4.53. The maximum atomic E-state index is 5.85. The van der Waals surface area contributed by atoms with E-state index in [0.29, 0.717) is 11.9 Å².